The van der Waals surface area contributed by atoms with E-state index >= 15 is 0 Å². The second kappa shape index (κ2) is 7.35. The van der Waals surface area contributed by atoms with Crippen LogP contribution in [-0.2, 0) is 11.3 Å². The van der Waals surface area contributed by atoms with E-state index in [0.29, 0.717) is 5.39 Å². The number of fused-ring (bicyclic) bond motifs is 1. The molecule has 0 bridgehead atoms. The van der Waals surface area contributed by atoms with Gasteiger partial charge in [-0.3, -0.25) is 9.59 Å². The van der Waals surface area contributed by atoms with E-state index in [0.717, 1.165) is 54.6 Å². The predicted molar refractivity (Wildman–Crippen MR) is 107 cm³/mol. The van der Waals surface area contributed by atoms with Crippen molar-refractivity contribution in [2.24, 2.45) is 0 Å². The van der Waals surface area contributed by atoms with Gasteiger partial charge in [0.25, 0.3) is 5.56 Å². The van der Waals surface area contributed by atoms with Gasteiger partial charge in [0.05, 0.1) is 11.1 Å². The van der Waals surface area contributed by atoms with Crippen LogP contribution < -0.4 is 5.56 Å². The average molecular weight is 361 g/mol. The van der Waals surface area contributed by atoms with E-state index in [9.17, 15) is 9.59 Å². The Hall–Kier alpha value is -2.95. The average Bonchev–Trinajstić information content (AvgIpc) is 2.71. The zero-order valence-electron chi connectivity index (χ0n) is 15.5. The molecule has 0 radical (unpaired) electrons. The molecular weight excluding hydrogens is 338 g/mol. The van der Waals surface area contributed by atoms with E-state index in [1.165, 1.54) is 4.68 Å². The fourth-order valence-corrected chi connectivity index (χ4v) is 3.64. The minimum atomic E-state index is -0.216. The van der Waals surface area contributed by atoms with Gasteiger partial charge in [-0.05, 0) is 32.3 Å². The highest BCUT2D eigenvalue weighted by molar-refractivity contribution is 5.93. The maximum absolute atomic E-state index is 12.9. The van der Waals surface area contributed by atoms with Gasteiger partial charge in [0.2, 0.25) is 5.91 Å². The van der Waals surface area contributed by atoms with Gasteiger partial charge in [0.1, 0.15) is 6.54 Å². The number of rotatable bonds is 3. The van der Waals surface area contributed by atoms with E-state index in [2.05, 4.69) is 5.10 Å². The molecule has 27 heavy (non-hydrogen) atoms. The van der Waals surface area contributed by atoms with E-state index < -0.39 is 0 Å². The first-order chi connectivity index (χ1) is 13.1. The lowest BCUT2D eigenvalue weighted by atomic mass is 10.0. The van der Waals surface area contributed by atoms with E-state index in [-0.39, 0.29) is 18.0 Å². The van der Waals surface area contributed by atoms with Crippen LogP contribution in [-0.4, -0.2) is 33.7 Å². The lowest BCUT2D eigenvalue weighted by molar-refractivity contribution is -0.133. The highest BCUT2D eigenvalue weighted by Crippen LogP contribution is 2.25. The van der Waals surface area contributed by atoms with Crippen LogP contribution in [0.3, 0.4) is 0 Å². The Morgan fingerprint density at radius 1 is 0.963 bits per heavy atom. The fraction of sp³-hybridized carbons (Fsp3) is 0.318. The van der Waals surface area contributed by atoms with Crippen molar-refractivity contribution >= 4 is 16.7 Å². The summed E-state index contributed by atoms with van der Waals surface area (Å²) in [7, 11) is 0. The zero-order chi connectivity index (χ0) is 18.8. The van der Waals surface area contributed by atoms with Crippen molar-refractivity contribution in [1.82, 2.24) is 14.7 Å². The number of carbonyl (C=O) groups excluding carboxylic acids is 1. The fourth-order valence-electron chi connectivity index (χ4n) is 3.64. The molecule has 0 unspecified atom stereocenters. The number of likely N-dealkylation sites (tertiary alicyclic amines) is 1. The van der Waals surface area contributed by atoms with E-state index in [4.69, 9.17) is 0 Å². The summed E-state index contributed by atoms with van der Waals surface area (Å²) < 4.78 is 1.33. The first-order valence-electron chi connectivity index (χ1n) is 9.48. The molecule has 138 valence electrons. The normalized spacial score (nSPS) is 14.5. The first-order valence-corrected chi connectivity index (χ1v) is 9.48. The maximum Gasteiger partial charge on any atom is 0.275 e. The van der Waals surface area contributed by atoms with Crippen LogP contribution in [0.5, 0.6) is 0 Å². The minimum Gasteiger partial charge on any atom is -0.341 e. The molecule has 4 rings (SSSR count). The molecular formula is C22H23N3O2. The van der Waals surface area contributed by atoms with Crippen LogP contribution in [0, 0.1) is 6.92 Å². The Morgan fingerprint density at radius 2 is 1.63 bits per heavy atom. The molecule has 0 atom stereocenters. The number of hydrogen-bond donors (Lipinski definition) is 0. The largest absolute Gasteiger partial charge is 0.341 e. The molecule has 2 heterocycles. The van der Waals surface area contributed by atoms with Crippen molar-refractivity contribution in [2.45, 2.75) is 32.7 Å². The second-order valence-corrected chi connectivity index (χ2v) is 7.16. The summed E-state index contributed by atoms with van der Waals surface area (Å²) >= 11 is 0. The molecule has 0 spiro atoms. The SMILES string of the molecule is Cc1ccc(-c2nn(CC(=O)N3CCCCC3)c(=O)c3ccccc23)cc1. The number of aromatic nitrogens is 2. The van der Waals surface area contributed by atoms with Crippen molar-refractivity contribution in [2.75, 3.05) is 13.1 Å². The van der Waals surface area contributed by atoms with Crippen molar-refractivity contribution in [3.63, 3.8) is 0 Å². The summed E-state index contributed by atoms with van der Waals surface area (Å²) in [6.07, 6.45) is 3.22. The standard InChI is InChI=1S/C22H23N3O2/c1-16-9-11-17(12-10-16)21-18-7-3-4-8-19(18)22(27)25(23-21)15-20(26)24-13-5-2-6-14-24/h3-4,7-12H,2,5-6,13-15H2,1H3. The number of nitrogens with zero attached hydrogens (tertiary/aromatic N) is 3. The molecule has 0 aliphatic carbocycles. The molecule has 1 fully saturated rings. The number of carbonyl (C=O) groups is 1. The van der Waals surface area contributed by atoms with Gasteiger partial charge in [-0.15, -0.1) is 0 Å². The van der Waals surface area contributed by atoms with E-state index in [1.807, 2.05) is 54.3 Å². The van der Waals surface area contributed by atoms with Gasteiger partial charge in [0.15, 0.2) is 0 Å². The van der Waals surface area contributed by atoms with Crippen LogP contribution >= 0.6 is 0 Å². The van der Waals surface area contributed by atoms with Crippen molar-refractivity contribution in [1.29, 1.82) is 0 Å². The quantitative estimate of drug-likeness (QED) is 0.719. The molecule has 0 saturated carbocycles. The summed E-state index contributed by atoms with van der Waals surface area (Å²) in [5.74, 6) is -0.0329. The topological polar surface area (TPSA) is 55.2 Å². The van der Waals surface area contributed by atoms with Crippen LogP contribution in [0.4, 0.5) is 0 Å². The number of benzene rings is 2. The third-order valence-electron chi connectivity index (χ3n) is 5.19. The van der Waals surface area contributed by atoms with Crippen LogP contribution in [0.15, 0.2) is 53.3 Å². The molecule has 0 N–H and O–H groups in total. The molecule has 2 aromatic carbocycles. The summed E-state index contributed by atoms with van der Waals surface area (Å²) in [5, 5.41) is 6.00. The Balaban J connectivity index is 1.79. The Labute approximate surface area is 158 Å². The number of piperidine rings is 1. The monoisotopic (exact) mass is 361 g/mol. The number of aryl methyl sites for hydroxylation is 1. The second-order valence-electron chi connectivity index (χ2n) is 7.16. The molecule has 5 heteroatoms. The van der Waals surface area contributed by atoms with Crippen molar-refractivity contribution in [3.8, 4) is 11.3 Å². The highest BCUT2D eigenvalue weighted by atomic mass is 16.2. The van der Waals surface area contributed by atoms with Gasteiger partial charge in [-0.1, -0.05) is 48.0 Å². The van der Waals surface area contributed by atoms with Gasteiger partial charge >= 0.3 is 0 Å². The third-order valence-corrected chi connectivity index (χ3v) is 5.19. The van der Waals surface area contributed by atoms with Gasteiger partial charge < -0.3 is 4.90 Å². The number of amides is 1. The molecule has 1 amide bonds. The maximum atomic E-state index is 12.9. The van der Waals surface area contributed by atoms with Crippen molar-refractivity contribution in [3.05, 3.63) is 64.4 Å². The van der Waals surface area contributed by atoms with Gasteiger partial charge in [-0.25, -0.2) is 4.68 Å². The molecule has 1 aliphatic heterocycles. The van der Waals surface area contributed by atoms with Crippen LogP contribution in [0.2, 0.25) is 0 Å². The lowest BCUT2D eigenvalue weighted by Crippen LogP contribution is -2.40. The van der Waals surface area contributed by atoms with Gasteiger partial charge in [0, 0.05) is 24.0 Å². The molecule has 3 aromatic rings. The minimum absolute atomic E-state index is 0.0114. The Kier molecular flexibility index (Phi) is 4.75. The zero-order valence-corrected chi connectivity index (χ0v) is 15.5. The summed E-state index contributed by atoms with van der Waals surface area (Å²) in [4.78, 5) is 27.4. The smallest absolute Gasteiger partial charge is 0.275 e. The Morgan fingerprint density at radius 3 is 2.33 bits per heavy atom. The molecule has 1 aliphatic rings. The summed E-state index contributed by atoms with van der Waals surface area (Å²) in [6.45, 7) is 3.56. The van der Waals surface area contributed by atoms with Crippen LogP contribution in [0.25, 0.3) is 22.0 Å². The lowest BCUT2D eigenvalue weighted by Gasteiger charge is -2.26. The number of hydrogen-bond acceptors (Lipinski definition) is 3. The molecule has 1 aromatic heterocycles. The highest BCUT2D eigenvalue weighted by Gasteiger charge is 2.19. The third kappa shape index (κ3) is 3.50. The predicted octanol–water partition coefficient (Wildman–Crippen LogP) is 3.38. The summed E-state index contributed by atoms with van der Waals surface area (Å²) in [5.41, 5.74) is 2.62. The Bertz CT molecular complexity index is 1030. The van der Waals surface area contributed by atoms with Crippen molar-refractivity contribution < 1.29 is 4.79 Å². The van der Waals surface area contributed by atoms with Crippen LogP contribution in [0.1, 0.15) is 24.8 Å². The summed E-state index contributed by atoms with van der Waals surface area (Å²) in [6, 6.07) is 15.5. The molecule has 1 saturated heterocycles. The van der Waals surface area contributed by atoms with Gasteiger partial charge in [-0.2, -0.15) is 5.10 Å². The molecule has 5 nitrogen and oxygen atoms in total. The first kappa shape index (κ1) is 17.5. The van der Waals surface area contributed by atoms with E-state index in [1.54, 1.807) is 6.07 Å².